The lowest BCUT2D eigenvalue weighted by Crippen LogP contribution is -2.43. The van der Waals surface area contributed by atoms with Crippen LogP contribution in [0.1, 0.15) is 38.2 Å². The molecule has 6 heteroatoms. The molecular weight excluding hydrogens is 398 g/mol. The molecule has 2 saturated heterocycles. The normalized spacial score (nSPS) is 22.1. The summed E-state index contributed by atoms with van der Waals surface area (Å²) in [4.78, 5) is 28.3. The topological polar surface area (TPSA) is 40.6 Å². The lowest BCUT2D eigenvalue weighted by atomic mass is 9.89. The molecule has 0 N–H and O–H groups in total. The van der Waals surface area contributed by atoms with Gasteiger partial charge in [-0.1, -0.05) is 37.3 Å². The van der Waals surface area contributed by atoms with E-state index in [1.165, 1.54) is 18.2 Å². The van der Waals surface area contributed by atoms with E-state index in [2.05, 4.69) is 6.92 Å². The van der Waals surface area contributed by atoms with Crippen molar-refractivity contribution in [3.63, 3.8) is 0 Å². The van der Waals surface area contributed by atoms with Gasteiger partial charge in [0.1, 0.15) is 11.6 Å². The van der Waals surface area contributed by atoms with Crippen molar-refractivity contribution in [1.29, 1.82) is 0 Å². The van der Waals surface area contributed by atoms with Gasteiger partial charge in [0, 0.05) is 44.9 Å². The molecule has 2 fully saturated rings. The predicted molar refractivity (Wildman–Crippen MR) is 115 cm³/mol. The van der Waals surface area contributed by atoms with Crippen LogP contribution in [-0.4, -0.2) is 47.8 Å². The smallest absolute Gasteiger partial charge is 0.225 e. The molecule has 0 bridgehead atoms. The number of nitrogens with zero attached hydrogens (tertiary/aromatic N) is 2. The lowest BCUT2D eigenvalue weighted by molar-refractivity contribution is -0.139. The Morgan fingerprint density at radius 2 is 1.52 bits per heavy atom. The van der Waals surface area contributed by atoms with Crippen LogP contribution in [0, 0.1) is 23.5 Å². The van der Waals surface area contributed by atoms with Gasteiger partial charge in [-0.05, 0) is 42.0 Å². The fraction of sp³-hybridized carbons (Fsp3) is 0.440. The zero-order valence-electron chi connectivity index (χ0n) is 18.0. The number of carbonyl (C=O) groups excluding carboxylic acids is 2. The largest absolute Gasteiger partial charge is 0.343 e. The Morgan fingerprint density at radius 3 is 2.10 bits per heavy atom. The lowest BCUT2D eigenvalue weighted by Gasteiger charge is -2.32. The minimum atomic E-state index is -0.574. The second-order valence-corrected chi connectivity index (χ2v) is 8.83. The third kappa shape index (κ3) is 4.34. The molecule has 0 aliphatic carbocycles. The van der Waals surface area contributed by atoms with Crippen LogP contribution in [0.15, 0.2) is 42.5 Å². The first-order valence-electron chi connectivity index (χ1n) is 10.9. The van der Waals surface area contributed by atoms with E-state index in [1.807, 2.05) is 17.0 Å². The van der Waals surface area contributed by atoms with E-state index in [0.29, 0.717) is 37.7 Å². The quantitative estimate of drug-likeness (QED) is 0.728. The van der Waals surface area contributed by atoms with Gasteiger partial charge in [-0.3, -0.25) is 9.59 Å². The van der Waals surface area contributed by atoms with Gasteiger partial charge < -0.3 is 9.80 Å². The van der Waals surface area contributed by atoms with Crippen LogP contribution < -0.4 is 0 Å². The number of hydrogen-bond acceptors (Lipinski definition) is 2. The third-order valence-electron chi connectivity index (χ3n) is 6.80. The van der Waals surface area contributed by atoms with Crippen LogP contribution in [-0.2, 0) is 9.59 Å². The minimum Gasteiger partial charge on any atom is -0.343 e. The van der Waals surface area contributed by atoms with Crippen LogP contribution in [0.4, 0.5) is 8.78 Å². The second kappa shape index (κ2) is 8.77. The maximum absolute atomic E-state index is 14.1. The van der Waals surface area contributed by atoms with Crippen molar-refractivity contribution < 1.29 is 18.4 Å². The number of benzene rings is 2. The van der Waals surface area contributed by atoms with Crippen molar-refractivity contribution in [3.05, 3.63) is 59.7 Å². The maximum atomic E-state index is 14.1. The molecule has 0 spiro atoms. The van der Waals surface area contributed by atoms with Crippen LogP contribution in [0.5, 0.6) is 0 Å². The summed E-state index contributed by atoms with van der Waals surface area (Å²) in [5, 5.41) is 0. The molecule has 4 nitrogen and oxygen atoms in total. The van der Waals surface area contributed by atoms with E-state index in [1.54, 1.807) is 24.0 Å². The molecule has 1 unspecified atom stereocenters. The first kappa shape index (κ1) is 21.5. The molecule has 2 aliphatic rings. The average molecular weight is 427 g/mol. The highest BCUT2D eigenvalue weighted by atomic mass is 19.1. The van der Waals surface area contributed by atoms with Crippen molar-refractivity contribution in [1.82, 2.24) is 9.80 Å². The molecule has 4 rings (SSSR count). The molecule has 0 radical (unpaired) electrons. The molecule has 2 aliphatic heterocycles. The highest BCUT2D eigenvalue weighted by Crippen LogP contribution is 2.35. The summed E-state index contributed by atoms with van der Waals surface area (Å²) in [6.07, 6.45) is 1.44. The van der Waals surface area contributed by atoms with Gasteiger partial charge >= 0.3 is 0 Å². The van der Waals surface area contributed by atoms with Gasteiger partial charge in [0.05, 0.1) is 5.56 Å². The fourth-order valence-electron chi connectivity index (χ4n) is 4.95. The Bertz CT molecular complexity index is 948. The highest BCUT2D eigenvalue weighted by Gasteiger charge is 2.37. The number of piperidine rings is 1. The summed E-state index contributed by atoms with van der Waals surface area (Å²) >= 11 is 0. The van der Waals surface area contributed by atoms with E-state index in [9.17, 15) is 18.4 Å². The van der Waals surface area contributed by atoms with Crippen molar-refractivity contribution in [3.8, 4) is 11.1 Å². The molecule has 31 heavy (non-hydrogen) atoms. The number of likely N-dealkylation sites (tertiary alicyclic amines) is 2. The Hall–Kier alpha value is -2.76. The Kier molecular flexibility index (Phi) is 6.08. The molecule has 164 valence electrons. The number of amides is 2. The molecule has 2 amide bonds. The Labute approximate surface area is 181 Å². The van der Waals surface area contributed by atoms with E-state index >= 15 is 0 Å². The molecule has 2 atom stereocenters. The minimum absolute atomic E-state index is 0.0118. The predicted octanol–water partition coefficient (Wildman–Crippen LogP) is 4.45. The molecular formula is C25H28F2N2O2. The van der Waals surface area contributed by atoms with Gasteiger partial charge in [0.25, 0.3) is 0 Å². The van der Waals surface area contributed by atoms with Gasteiger partial charge in [0.2, 0.25) is 11.8 Å². The molecule has 0 aromatic heterocycles. The summed E-state index contributed by atoms with van der Waals surface area (Å²) in [5.41, 5.74) is 1.58. The van der Waals surface area contributed by atoms with E-state index < -0.39 is 11.6 Å². The Morgan fingerprint density at radius 1 is 0.903 bits per heavy atom. The van der Waals surface area contributed by atoms with Gasteiger partial charge in [-0.25, -0.2) is 8.78 Å². The first-order valence-corrected chi connectivity index (χ1v) is 10.9. The van der Waals surface area contributed by atoms with Crippen molar-refractivity contribution in [2.75, 3.05) is 26.2 Å². The van der Waals surface area contributed by atoms with Crippen LogP contribution in [0.3, 0.4) is 0 Å². The van der Waals surface area contributed by atoms with Crippen molar-refractivity contribution >= 4 is 11.8 Å². The summed E-state index contributed by atoms with van der Waals surface area (Å²) in [7, 11) is 0. The van der Waals surface area contributed by atoms with E-state index in [-0.39, 0.29) is 29.2 Å². The maximum Gasteiger partial charge on any atom is 0.225 e. The zero-order valence-corrected chi connectivity index (χ0v) is 18.0. The van der Waals surface area contributed by atoms with Crippen LogP contribution in [0.25, 0.3) is 11.1 Å². The number of hydrogen-bond donors (Lipinski definition) is 0. The summed E-state index contributed by atoms with van der Waals surface area (Å²) < 4.78 is 28.2. The third-order valence-corrected chi connectivity index (χ3v) is 6.80. The average Bonchev–Trinajstić information content (AvgIpc) is 3.15. The monoisotopic (exact) mass is 426 g/mol. The van der Waals surface area contributed by atoms with Crippen LogP contribution >= 0.6 is 0 Å². The molecule has 2 heterocycles. The molecule has 2 aromatic carbocycles. The van der Waals surface area contributed by atoms with Crippen molar-refractivity contribution in [2.45, 2.75) is 32.6 Å². The summed E-state index contributed by atoms with van der Waals surface area (Å²) in [6.45, 7) is 6.36. The number of halogens is 2. The summed E-state index contributed by atoms with van der Waals surface area (Å²) in [5.74, 6) is -0.419. The highest BCUT2D eigenvalue weighted by molar-refractivity contribution is 5.80. The summed E-state index contributed by atoms with van der Waals surface area (Å²) in [6, 6.07) is 11.2. The van der Waals surface area contributed by atoms with E-state index in [4.69, 9.17) is 0 Å². The fourth-order valence-corrected chi connectivity index (χ4v) is 4.95. The molecule has 2 aromatic rings. The second-order valence-electron chi connectivity index (χ2n) is 8.83. The Balaban J connectivity index is 1.43. The SMILES string of the molecule is CC(=O)N1CCC(C(=O)N2CC(C)[C@H](c3ccc(-c4c(F)cccc4F)cc3)C2)CC1. The van der Waals surface area contributed by atoms with E-state index in [0.717, 1.165) is 18.4 Å². The number of rotatable bonds is 3. The zero-order chi connectivity index (χ0) is 22.1. The first-order chi connectivity index (χ1) is 14.8. The van der Waals surface area contributed by atoms with Gasteiger partial charge in [-0.15, -0.1) is 0 Å². The molecule has 0 saturated carbocycles. The standard InChI is InChI=1S/C25H28F2N2O2/c1-16-14-29(25(31)20-10-12-28(13-11-20)17(2)30)15-21(16)18-6-8-19(9-7-18)24-22(26)4-3-5-23(24)27/h3-9,16,20-21H,10-15H2,1-2H3/t16?,21-/m1/s1. The van der Waals surface area contributed by atoms with Crippen LogP contribution in [0.2, 0.25) is 0 Å². The van der Waals surface area contributed by atoms with Gasteiger partial charge in [0.15, 0.2) is 0 Å². The number of carbonyl (C=O) groups is 2. The van der Waals surface area contributed by atoms with Crippen molar-refractivity contribution in [2.24, 2.45) is 11.8 Å². The van der Waals surface area contributed by atoms with Gasteiger partial charge in [-0.2, -0.15) is 0 Å².